The maximum absolute atomic E-state index is 12.9. The number of carbonyl (C=O) groups excluding carboxylic acids is 1. The van der Waals surface area contributed by atoms with Gasteiger partial charge in [-0.2, -0.15) is 0 Å². The smallest absolute Gasteiger partial charge is 0.238 e. The summed E-state index contributed by atoms with van der Waals surface area (Å²) in [5.41, 5.74) is 2.18. The van der Waals surface area contributed by atoms with Gasteiger partial charge >= 0.3 is 0 Å². The van der Waals surface area contributed by atoms with Crippen LogP contribution < -0.4 is 10.1 Å². The van der Waals surface area contributed by atoms with Crippen LogP contribution in [0.25, 0.3) is 0 Å². The molecule has 1 N–H and O–H groups in total. The monoisotopic (exact) mass is 377 g/mol. The van der Waals surface area contributed by atoms with Crippen LogP contribution in [-0.2, 0) is 11.2 Å². The molecular formula is C23H23NO2S. The first kappa shape index (κ1) is 19.1. The van der Waals surface area contributed by atoms with Crippen LogP contribution in [0.2, 0.25) is 0 Å². The van der Waals surface area contributed by atoms with E-state index < -0.39 is 0 Å². The molecule has 0 heterocycles. The third-order valence-electron chi connectivity index (χ3n) is 4.21. The summed E-state index contributed by atoms with van der Waals surface area (Å²) in [6.07, 6.45) is 0.785. The molecule has 0 spiro atoms. The van der Waals surface area contributed by atoms with Crippen molar-refractivity contribution in [1.82, 2.24) is 5.32 Å². The van der Waals surface area contributed by atoms with Gasteiger partial charge in [0, 0.05) is 11.4 Å². The van der Waals surface area contributed by atoms with Crippen LogP contribution in [0.5, 0.6) is 5.75 Å². The first-order valence-corrected chi connectivity index (χ1v) is 9.81. The zero-order valence-corrected chi connectivity index (χ0v) is 16.1. The molecule has 0 aromatic heterocycles. The molecule has 4 heteroatoms. The predicted molar refractivity (Wildman–Crippen MR) is 111 cm³/mol. The Morgan fingerprint density at radius 1 is 0.926 bits per heavy atom. The zero-order chi connectivity index (χ0) is 18.9. The van der Waals surface area contributed by atoms with Gasteiger partial charge < -0.3 is 10.1 Å². The van der Waals surface area contributed by atoms with Gasteiger partial charge in [0.25, 0.3) is 0 Å². The number of benzene rings is 3. The maximum Gasteiger partial charge on any atom is 0.238 e. The molecule has 0 aliphatic rings. The molecule has 138 valence electrons. The van der Waals surface area contributed by atoms with E-state index in [0.29, 0.717) is 6.54 Å². The topological polar surface area (TPSA) is 38.3 Å². The van der Waals surface area contributed by atoms with Gasteiger partial charge in [-0.25, -0.2) is 0 Å². The number of rotatable bonds is 8. The molecule has 1 atom stereocenters. The van der Waals surface area contributed by atoms with E-state index in [1.807, 2.05) is 84.9 Å². The quantitative estimate of drug-likeness (QED) is 0.568. The van der Waals surface area contributed by atoms with Crippen LogP contribution in [0.4, 0.5) is 0 Å². The van der Waals surface area contributed by atoms with Crippen LogP contribution in [-0.4, -0.2) is 19.6 Å². The van der Waals surface area contributed by atoms with E-state index in [1.54, 1.807) is 18.9 Å². The molecule has 3 aromatic carbocycles. The van der Waals surface area contributed by atoms with Crippen molar-refractivity contribution in [3.05, 3.63) is 96.1 Å². The lowest BCUT2D eigenvalue weighted by molar-refractivity contribution is -0.120. The Morgan fingerprint density at radius 3 is 2.19 bits per heavy atom. The van der Waals surface area contributed by atoms with Crippen molar-refractivity contribution in [2.75, 3.05) is 13.7 Å². The van der Waals surface area contributed by atoms with Crippen LogP contribution in [0, 0.1) is 0 Å². The van der Waals surface area contributed by atoms with E-state index in [4.69, 9.17) is 4.74 Å². The Bertz CT molecular complexity index is 835. The number of hydrogen-bond acceptors (Lipinski definition) is 3. The molecular weight excluding hydrogens is 354 g/mol. The summed E-state index contributed by atoms with van der Waals surface area (Å²) in [4.78, 5) is 14.0. The lowest BCUT2D eigenvalue weighted by Gasteiger charge is -2.17. The first-order chi connectivity index (χ1) is 13.3. The van der Waals surface area contributed by atoms with Gasteiger partial charge in [0.15, 0.2) is 0 Å². The van der Waals surface area contributed by atoms with Crippen molar-refractivity contribution in [2.45, 2.75) is 16.6 Å². The molecule has 0 radical (unpaired) electrons. The second-order valence-electron chi connectivity index (χ2n) is 6.11. The van der Waals surface area contributed by atoms with Crippen molar-refractivity contribution in [3.8, 4) is 5.75 Å². The largest absolute Gasteiger partial charge is 0.497 e. The molecule has 0 saturated heterocycles. The minimum atomic E-state index is -0.274. The van der Waals surface area contributed by atoms with Crippen LogP contribution >= 0.6 is 11.8 Å². The average molecular weight is 378 g/mol. The highest BCUT2D eigenvalue weighted by Gasteiger charge is 2.21. The lowest BCUT2D eigenvalue weighted by Crippen LogP contribution is -2.29. The van der Waals surface area contributed by atoms with E-state index >= 15 is 0 Å². The lowest BCUT2D eigenvalue weighted by atomic mass is 10.1. The van der Waals surface area contributed by atoms with Crippen LogP contribution in [0.15, 0.2) is 89.8 Å². The molecule has 1 amide bonds. The molecule has 0 bridgehead atoms. The van der Waals surface area contributed by atoms with Crippen molar-refractivity contribution in [3.63, 3.8) is 0 Å². The number of ether oxygens (including phenoxy) is 1. The van der Waals surface area contributed by atoms with E-state index in [-0.39, 0.29) is 11.2 Å². The highest BCUT2D eigenvalue weighted by molar-refractivity contribution is 8.00. The number of thioether (sulfide) groups is 1. The van der Waals surface area contributed by atoms with Gasteiger partial charge in [0.2, 0.25) is 5.91 Å². The Balaban J connectivity index is 1.63. The second kappa shape index (κ2) is 9.83. The van der Waals surface area contributed by atoms with E-state index in [0.717, 1.165) is 22.6 Å². The van der Waals surface area contributed by atoms with E-state index in [9.17, 15) is 4.79 Å². The summed E-state index contributed by atoms with van der Waals surface area (Å²) < 4.78 is 5.18. The normalized spacial score (nSPS) is 11.6. The molecule has 3 aromatic rings. The Morgan fingerprint density at radius 2 is 1.56 bits per heavy atom. The average Bonchev–Trinajstić information content (AvgIpc) is 2.74. The fourth-order valence-electron chi connectivity index (χ4n) is 2.75. The zero-order valence-electron chi connectivity index (χ0n) is 15.3. The molecule has 3 rings (SSSR count). The number of methoxy groups -OCH3 is 1. The van der Waals surface area contributed by atoms with Gasteiger partial charge in [-0.15, -0.1) is 11.8 Å². The fraction of sp³-hybridized carbons (Fsp3) is 0.174. The fourth-order valence-corrected chi connectivity index (χ4v) is 3.82. The summed E-state index contributed by atoms with van der Waals surface area (Å²) in [6.45, 7) is 0.601. The van der Waals surface area contributed by atoms with E-state index in [2.05, 4.69) is 5.32 Å². The molecule has 0 aliphatic heterocycles. The Labute approximate surface area is 164 Å². The van der Waals surface area contributed by atoms with E-state index in [1.165, 1.54) is 5.56 Å². The molecule has 0 aliphatic carbocycles. The summed E-state index contributed by atoms with van der Waals surface area (Å²) >= 11 is 1.57. The van der Waals surface area contributed by atoms with Crippen molar-refractivity contribution < 1.29 is 9.53 Å². The molecule has 1 unspecified atom stereocenters. The van der Waals surface area contributed by atoms with Gasteiger partial charge in [0.05, 0.1) is 7.11 Å². The molecule has 27 heavy (non-hydrogen) atoms. The van der Waals surface area contributed by atoms with Crippen molar-refractivity contribution in [1.29, 1.82) is 0 Å². The summed E-state index contributed by atoms with van der Waals surface area (Å²) in [7, 11) is 1.66. The maximum atomic E-state index is 12.9. The molecule has 0 saturated carbocycles. The highest BCUT2D eigenvalue weighted by Crippen LogP contribution is 2.35. The summed E-state index contributed by atoms with van der Waals surface area (Å²) in [5, 5.41) is 2.81. The van der Waals surface area contributed by atoms with Crippen molar-refractivity contribution >= 4 is 17.7 Å². The third kappa shape index (κ3) is 5.63. The minimum Gasteiger partial charge on any atom is -0.497 e. The minimum absolute atomic E-state index is 0.0311. The van der Waals surface area contributed by atoms with Gasteiger partial charge in [-0.1, -0.05) is 60.7 Å². The van der Waals surface area contributed by atoms with Gasteiger partial charge in [-0.05, 0) is 41.8 Å². The Hall–Kier alpha value is -2.72. The summed E-state index contributed by atoms with van der Waals surface area (Å²) in [6, 6.07) is 27.9. The standard InChI is InChI=1S/C23H23NO2S/c1-26-20-14-12-18(13-15-20)16-17-24-23(25)22(19-8-4-2-5-9-19)27-21-10-6-3-7-11-21/h2-15,22H,16-17H2,1H3,(H,24,25). The number of hydrogen-bond donors (Lipinski definition) is 1. The van der Waals surface area contributed by atoms with Crippen LogP contribution in [0.1, 0.15) is 16.4 Å². The highest BCUT2D eigenvalue weighted by atomic mass is 32.2. The van der Waals surface area contributed by atoms with Gasteiger partial charge in [-0.3, -0.25) is 4.79 Å². The van der Waals surface area contributed by atoms with Crippen molar-refractivity contribution in [2.24, 2.45) is 0 Å². The van der Waals surface area contributed by atoms with Gasteiger partial charge in [0.1, 0.15) is 11.0 Å². The second-order valence-corrected chi connectivity index (χ2v) is 7.29. The molecule has 0 fully saturated rings. The molecule has 3 nitrogen and oxygen atoms in total. The van der Waals surface area contributed by atoms with Crippen LogP contribution in [0.3, 0.4) is 0 Å². The Kier molecular flexibility index (Phi) is 6.94. The number of amides is 1. The summed E-state index contributed by atoms with van der Waals surface area (Å²) in [5.74, 6) is 0.870. The number of nitrogens with one attached hydrogen (secondary N) is 1. The SMILES string of the molecule is COc1ccc(CCNC(=O)C(Sc2ccccc2)c2ccccc2)cc1. The first-order valence-electron chi connectivity index (χ1n) is 8.93. The number of carbonyl (C=O) groups is 1. The third-order valence-corrected chi connectivity index (χ3v) is 5.48. The predicted octanol–water partition coefficient (Wildman–Crippen LogP) is 4.89.